The number of hydrogen-bond donors (Lipinski definition) is 2. The standard InChI is InChI=1S/C26H24N4O4S3/c1-33-22-16-17(11-12-19(22)29-37(2,31)32)30-25(24(28-26(30)35)20-10-6-7-15-27-20)21-13-14-23(34-21)36-18-8-4-3-5-9-18/h3-16,24-25,29H,1-2H3,(H,28,35). The van der Waals surface area contributed by atoms with E-state index in [0.717, 1.165) is 21.9 Å². The second-order valence-corrected chi connectivity index (χ2v) is 11.5. The minimum Gasteiger partial charge on any atom is -0.494 e. The zero-order chi connectivity index (χ0) is 26.0. The van der Waals surface area contributed by atoms with Crippen LogP contribution in [0.1, 0.15) is 23.5 Å². The van der Waals surface area contributed by atoms with Crippen molar-refractivity contribution in [1.29, 1.82) is 0 Å². The summed E-state index contributed by atoms with van der Waals surface area (Å²) in [5.41, 5.74) is 1.86. The van der Waals surface area contributed by atoms with Crippen LogP contribution in [0.15, 0.2) is 99.5 Å². The smallest absolute Gasteiger partial charge is 0.229 e. The van der Waals surface area contributed by atoms with Crippen molar-refractivity contribution >= 4 is 50.5 Å². The van der Waals surface area contributed by atoms with Crippen molar-refractivity contribution in [2.24, 2.45) is 0 Å². The molecule has 0 radical (unpaired) electrons. The van der Waals surface area contributed by atoms with Crippen molar-refractivity contribution in [3.05, 3.63) is 96.5 Å². The molecule has 0 amide bonds. The van der Waals surface area contributed by atoms with E-state index in [-0.39, 0.29) is 12.1 Å². The van der Waals surface area contributed by atoms with Crippen LogP contribution in [0.3, 0.4) is 0 Å². The minimum absolute atomic E-state index is 0.283. The number of pyridine rings is 1. The molecule has 5 rings (SSSR count). The van der Waals surface area contributed by atoms with Gasteiger partial charge in [0.15, 0.2) is 10.2 Å². The number of thiocarbonyl (C=S) groups is 1. The van der Waals surface area contributed by atoms with E-state index in [1.165, 1.54) is 18.9 Å². The number of anilines is 2. The lowest BCUT2D eigenvalue weighted by molar-refractivity contribution is 0.383. The summed E-state index contributed by atoms with van der Waals surface area (Å²) in [6.45, 7) is 0. The van der Waals surface area contributed by atoms with E-state index < -0.39 is 10.0 Å². The number of rotatable bonds is 8. The predicted molar refractivity (Wildman–Crippen MR) is 149 cm³/mol. The number of methoxy groups -OCH3 is 1. The predicted octanol–water partition coefficient (Wildman–Crippen LogP) is 5.38. The van der Waals surface area contributed by atoms with Crippen LogP contribution in [0.4, 0.5) is 11.4 Å². The Hall–Kier alpha value is -3.54. The third-order valence-electron chi connectivity index (χ3n) is 5.71. The fourth-order valence-electron chi connectivity index (χ4n) is 4.19. The van der Waals surface area contributed by atoms with Gasteiger partial charge in [0.25, 0.3) is 0 Å². The number of nitrogens with zero attached hydrogens (tertiary/aromatic N) is 2. The van der Waals surface area contributed by atoms with Gasteiger partial charge in [-0.2, -0.15) is 0 Å². The highest BCUT2D eigenvalue weighted by molar-refractivity contribution is 7.99. The number of furan rings is 1. The first-order valence-electron chi connectivity index (χ1n) is 11.3. The van der Waals surface area contributed by atoms with Gasteiger partial charge in [-0.05, 0) is 60.7 Å². The highest BCUT2D eigenvalue weighted by Crippen LogP contribution is 2.44. The Kier molecular flexibility index (Phi) is 7.09. The molecule has 1 saturated heterocycles. The molecule has 0 bridgehead atoms. The molecule has 190 valence electrons. The molecular formula is C26H24N4O4S3. The van der Waals surface area contributed by atoms with Gasteiger partial charge in [-0.15, -0.1) is 0 Å². The summed E-state index contributed by atoms with van der Waals surface area (Å²) in [5, 5.41) is 4.63. The van der Waals surface area contributed by atoms with E-state index >= 15 is 0 Å². The first-order chi connectivity index (χ1) is 17.8. The van der Waals surface area contributed by atoms with Crippen molar-refractivity contribution in [1.82, 2.24) is 10.3 Å². The van der Waals surface area contributed by atoms with Crippen molar-refractivity contribution in [3.8, 4) is 5.75 Å². The van der Waals surface area contributed by atoms with Crippen LogP contribution in [0.5, 0.6) is 5.75 Å². The van der Waals surface area contributed by atoms with E-state index in [9.17, 15) is 8.42 Å². The molecule has 0 saturated carbocycles. The average Bonchev–Trinajstić information content (AvgIpc) is 3.48. The summed E-state index contributed by atoms with van der Waals surface area (Å²) in [5.74, 6) is 1.07. The zero-order valence-electron chi connectivity index (χ0n) is 20.0. The molecule has 1 aliphatic rings. The monoisotopic (exact) mass is 552 g/mol. The van der Waals surface area contributed by atoms with Gasteiger partial charge in [0.2, 0.25) is 10.0 Å². The summed E-state index contributed by atoms with van der Waals surface area (Å²) in [4.78, 5) is 7.58. The van der Waals surface area contributed by atoms with Crippen LogP contribution < -0.4 is 19.7 Å². The Morgan fingerprint density at radius 3 is 2.57 bits per heavy atom. The van der Waals surface area contributed by atoms with Gasteiger partial charge in [0.05, 0.1) is 30.8 Å². The molecule has 2 N–H and O–H groups in total. The van der Waals surface area contributed by atoms with Crippen LogP contribution in [0.25, 0.3) is 0 Å². The lowest BCUT2D eigenvalue weighted by Gasteiger charge is -2.26. The van der Waals surface area contributed by atoms with Crippen LogP contribution in [-0.2, 0) is 10.0 Å². The first-order valence-corrected chi connectivity index (χ1v) is 14.4. The second-order valence-electron chi connectivity index (χ2n) is 8.33. The van der Waals surface area contributed by atoms with E-state index in [1.54, 1.807) is 24.4 Å². The van der Waals surface area contributed by atoms with E-state index in [2.05, 4.69) is 15.0 Å². The molecule has 2 atom stereocenters. The molecule has 0 spiro atoms. The lowest BCUT2D eigenvalue weighted by Crippen LogP contribution is -2.29. The summed E-state index contributed by atoms with van der Waals surface area (Å²) in [7, 11) is -1.99. The third kappa shape index (κ3) is 5.58. The summed E-state index contributed by atoms with van der Waals surface area (Å²) in [6, 6.07) is 24.2. The maximum atomic E-state index is 11.8. The fraction of sp³-hybridized carbons (Fsp3) is 0.154. The topological polar surface area (TPSA) is 96.7 Å². The Morgan fingerprint density at radius 2 is 1.86 bits per heavy atom. The summed E-state index contributed by atoms with van der Waals surface area (Å²) < 4.78 is 37.9. The maximum absolute atomic E-state index is 11.8. The number of hydrogen-bond acceptors (Lipinski definition) is 7. The average molecular weight is 553 g/mol. The van der Waals surface area contributed by atoms with Gasteiger partial charge < -0.3 is 19.4 Å². The van der Waals surface area contributed by atoms with E-state index in [0.29, 0.717) is 28.0 Å². The van der Waals surface area contributed by atoms with Crippen LogP contribution in [-0.4, -0.2) is 31.9 Å². The molecular weight excluding hydrogens is 529 g/mol. The molecule has 2 unspecified atom stereocenters. The molecule has 3 heterocycles. The largest absolute Gasteiger partial charge is 0.494 e. The molecule has 2 aromatic carbocycles. The number of sulfonamides is 1. The molecule has 4 aromatic rings. The van der Waals surface area contributed by atoms with Crippen LogP contribution in [0, 0.1) is 0 Å². The molecule has 1 fully saturated rings. The molecule has 37 heavy (non-hydrogen) atoms. The van der Waals surface area contributed by atoms with Crippen molar-refractivity contribution in [2.45, 2.75) is 22.1 Å². The quantitative estimate of drug-likeness (QED) is 0.279. The Morgan fingerprint density at radius 1 is 1.08 bits per heavy atom. The van der Waals surface area contributed by atoms with Gasteiger partial charge in [-0.1, -0.05) is 36.0 Å². The van der Waals surface area contributed by atoms with Crippen LogP contribution in [0.2, 0.25) is 0 Å². The molecule has 8 nitrogen and oxygen atoms in total. The molecule has 11 heteroatoms. The molecule has 1 aliphatic heterocycles. The summed E-state index contributed by atoms with van der Waals surface area (Å²) in [6.07, 6.45) is 2.84. The fourth-order valence-corrected chi connectivity index (χ4v) is 5.90. The minimum atomic E-state index is -3.48. The highest BCUT2D eigenvalue weighted by Gasteiger charge is 2.42. The third-order valence-corrected chi connectivity index (χ3v) is 7.55. The Balaban J connectivity index is 1.55. The zero-order valence-corrected chi connectivity index (χ0v) is 22.4. The van der Waals surface area contributed by atoms with Gasteiger partial charge in [-0.3, -0.25) is 9.71 Å². The van der Waals surface area contributed by atoms with Gasteiger partial charge in [0, 0.05) is 22.8 Å². The number of benzene rings is 2. The van der Waals surface area contributed by atoms with Crippen molar-refractivity contribution in [2.75, 3.05) is 23.0 Å². The second kappa shape index (κ2) is 10.4. The van der Waals surface area contributed by atoms with E-state index in [4.69, 9.17) is 21.4 Å². The SMILES string of the molecule is COc1cc(N2C(=S)NC(c3ccccn3)C2c2ccc(Sc3ccccc3)o2)ccc1NS(C)(=O)=O. The van der Waals surface area contributed by atoms with Gasteiger partial charge in [0.1, 0.15) is 17.6 Å². The summed E-state index contributed by atoms with van der Waals surface area (Å²) >= 11 is 7.31. The maximum Gasteiger partial charge on any atom is 0.229 e. The van der Waals surface area contributed by atoms with Gasteiger partial charge >= 0.3 is 0 Å². The Labute approximate surface area is 225 Å². The number of aromatic nitrogens is 1. The van der Waals surface area contributed by atoms with Crippen molar-refractivity contribution in [3.63, 3.8) is 0 Å². The van der Waals surface area contributed by atoms with Gasteiger partial charge in [-0.25, -0.2) is 8.42 Å². The first kappa shape index (κ1) is 25.1. The Bertz CT molecular complexity index is 1510. The lowest BCUT2D eigenvalue weighted by atomic mass is 10.0. The van der Waals surface area contributed by atoms with Crippen LogP contribution >= 0.6 is 24.0 Å². The normalized spacial score (nSPS) is 17.5. The number of ether oxygens (including phenoxy) is 1. The van der Waals surface area contributed by atoms with E-state index in [1.807, 2.05) is 65.6 Å². The molecule has 0 aliphatic carbocycles. The van der Waals surface area contributed by atoms with Crippen molar-refractivity contribution < 1.29 is 17.6 Å². The highest BCUT2D eigenvalue weighted by atomic mass is 32.2. The number of nitrogens with one attached hydrogen (secondary N) is 2. The molecule has 2 aromatic heterocycles.